The van der Waals surface area contributed by atoms with E-state index in [-0.39, 0.29) is 46.6 Å². The van der Waals surface area contributed by atoms with Gasteiger partial charge >= 0.3 is 26.9 Å². The smallest absolute Gasteiger partial charge is 0.487 e. The van der Waals surface area contributed by atoms with Gasteiger partial charge in [0.25, 0.3) is 24.5 Å². The molecule has 8 heterocycles. The molecule has 15 atom stereocenters. The number of aliphatic hydroxyl groups excluding tert-OH is 3. The minimum Gasteiger partial charge on any atom is -0.756 e. The summed E-state index contributed by atoms with van der Waals surface area (Å²) in [5, 5.41) is 31.8. The number of hydrogen-bond acceptors (Lipinski definition) is 27. The van der Waals surface area contributed by atoms with Crippen molar-refractivity contribution >= 4 is 75.2 Å². The fourth-order valence-corrected chi connectivity index (χ4v) is 13.1. The highest BCUT2D eigenvalue weighted by molar-refractivity contribution is 7.99. The van der Waals surface area contributed by atoms with Crippen molar-refractivity contribution in [3.63, 3.8) is 0 Å². The number of thioether (sulfide) groups is 1. The lowest BCUT2D eigenvalue weighted by atomic mass is 9.94. The molecule has 8 rings (SSSR count). The lowest BCUT2D eigenvalue weighted by Gasteiger charge is -2.27. The molecule has 35 nitrogen and oxygen atoms in total. The Morgan fingerprint density at radius 2 is 1.57 bits per heavy atom. The van der Waals surface area contributed by atoms with Crippen LogP contribution in [0.3, 0.4) is 0 Å². The van der Waals surface area contributed by atoms with Crippen LogP contribution in [-0.2, 0) is 66.9 Å². The molecule has 0 saturated carbocycles. The Morgan fingerprint density at radius 3 is 2.28 bits per heavy atom. The molecule has 0 spiro atoms. The molecule has 0 aromatic carbocycles. The lowest BCUT2D eigenvalue weighted by Crippen LogP contribution is -2.37. The summed E-state index contributed by atoms with van der Waals surface area (Å²) in [6, 6.07) is 1.02. The molecule has 3 fully saturated rings. The number of nitrogens with two attached hydrogens (primary N) is 2. The van der Waals surface area contributed by atoms with Crippen molar-refractivity contribution in [2.45, 2.75) is 73.1 Å². The molecule has 11 N–H and O–H groups in total. The third-order valence-electron chi connectivity index (χ3n) is 12.0. The quantitative estimate of drug-likeness (QED) is 0.0146. The summed E-state index contributed by atoms with van der Waals surface area (Å²) >= 11 is 0.969. The van der Waals surface area contributed by atoms with Crippen molar-refractivity contribution in [3.8, 4) is 0 Å². The zero-order valence-electron chi connectivity index (χ0n) is 39.5. The first-order chi connectivity index (χ1) is 35.3. The van der Waals surface area contributed by atoms with E-state index >= 15 is 0 Å². The molecule has 0 aliphatic carbocycles. The van der Waals surface area contributed by atoms with Gasteiger partial charge in [-0.15, -0.1) is 11.8 Å². The number of H-pyrrole nitrogens is 2. The number of aryl methyl sites for hydroxylation is 1. The van der Waals surface area contributed by atoms with E-state index in [1.54, 1.807) is 0 Å². The standard InChI is InChI=1S/C36H50N13O22P3S/c1-45(2)20(51)7-15-16(67-32(23(15)52)49-13-46(3)22-30(49)43-35(38)44-31(22)55)9-65-72(57,58)70-74(61,62)71-73(59,60)66-10-18-27(26(63-4)34(69-18)48-12-41-21-28(37)39-11-40-29(21)48)75-14-64-8-17-24(53)25(54)33(68-17)47-6-5-19(50)42-36(47)56/h5-6,11-13,15-18,23-27,32-34,52-54H,7-10,14H2,1-4H3,(H8-,37,38,39,40,42,43,44,50,55,56,57,58,59,60,61,62)/t15-,16-,17-,18-,23-,24-,25-,26-,27-,32?,33-,34-/m1/s1. The van der Waals surface area contributed by atoms with Crippen LogP contribution in [0, 0.1) is 5.92 Å². The maximum atomic E-state index is 13.3. The number of imidazole rings is 2. The fraction of sp³-hybridized carbons (Fsp3) is 0.583. The third kappa shape index (κ3) is 12.1. The van der Waals surface area contributed by atoms with Crippen LogP contribution in [0.4, 0.5) is 11.8 Å². The molecule has 3 aliphatic rings. The van der Waals surface area contributed by atoms with Crippen LogP contribution in [-0.4, -0.2) is 174 Å². The van der Waals surface area contributed by atoms with Gasteiger partial charge < -0.3 is 74.6 Å². The third-order valence-corrected chi connectivity index (χ3v) is 17.5. The number of anilines is 2. The van der Waals surface area contributed by atoms with Gasteiger partial charge in [0.05, 0.1) is 56.6 Å². The van der Waals surface area contributed by atoms with Gasteiger partial charge in [0.2, 0.25) is 24.4 Å². The van der Waals surface area contributed by atoms with E-state index < -0.39 is 138 Å². The maximum absolute atomic E-state index is 13.3. The van der Waals surface area contributed by atoms with Gasteiger partial charge in [-0.3, -0.25) is 42.6 Å². The Balaban J connectivity index is 0.925. The van der Waals surface area contributed by atoms with E-state index in [2.05, 4.69) is 33.5 Å². The van der Waals surface area contributed by atoms with Crippen molar-refractivity contribution < 1.29 is 94.4 Å². The van der Waals surface area contributed by atoms with Crippen molar-refractivity contribution in [2.75, 3.05) is 58.4 Å². The Hall–Kier alpha value is -4.91. The van der Waals surface area contributed by atoms with E-state index in [0.29, 0.717) is 0 Å². The predicted molar refractivity (Wildman–Crippen MR) is 248 cm³/mol. The number of nitrogens with one attached hydrogen (secondary N) is 2. The molecule has 39 heteroatoms. The number of phosphoric acid groups is 3. The lowest BCUT2D eigenvalue weighted by molar-refractivity contribution is -0.646. The number of aliphatic hydroxyl groups is 3. The molecule has 3 saturated heterocycles. The summed E-state index contributed by atoms with van der Waals surface area (Å²) in [5.41, 5.74) is 9.78. The number of aromatic amines is 2. The zero-order chi connectivity index (χ0) is 54.5. The van der Waals surface area contributed by atoms with E-state index in [0.717, 1.165) is 34.9 Å². The van der Waals surface area contributed by atoms with E-state index in [1.807, 2.05) is 4.98 Å². The van der Waals surface area contributed by atoms with Crippen LogP contribution in [0.2, 0.25) is 0 Å². The molecule has 1 amide bonds. The molecule has 3 aliphatic heterocycles. The Bertz CT molecular complexity index is 3250. The minimum absolute atomic E-state index is 0.00696. The van der Waals surface area contributed by atoms with Crippen LogP contribution in [0.15, 0.2) is 45.6 Å². The number of amides is 1. The number of nitrogen functional groups attached to an aromatic ring is 2. The molecule has 0 bridgehead atoms. The van der Waals surface area contributed by atoms with Crippen molar-refractivity contribution in [3.05, 3.63) is 62.4 Å². The highest BCUT2D eigenvalue weighted by Crippen LogP contribution is 2.67. The summed E-state index contributed by atoms with van der Waals surface area (Å²) in [7, 11) is -12.4. The van der Waals surface area contributed by atoms with Crippen LogP contribution in [0.1, 0.15) is 25.1 Å². The summed E-state index contributed by atoms with van der Waals surface area (Å²) in [6.45, 7) is -2.38. The topological polar surface area (TPSA) is 484 Å². The molecule has 412 valence electrons. The van der Waals surface area contributed by atoms with Crippen LogP contribution in [0.5, 0.6) is 0 Å². The molecular weight excluding hydrogens is 1090 g/mol. The first kappa shape index (κ1) is 56.3. The molecule has 5 aromatic heterocycles. The van der Waals surface area contributed by atoms with Gasteiger partial charge in [-0.2, -0.15) is 13.9 Å². The number of rotatable bonds is 21. The maximum Gasteiger partial charge on any atom is 0.487 e. The van der Waals surface area contributed by atoms with Crippen molar-refractivity contribution in [1.29, 1.82) is 0 Å². The van der Waals surface area contributed by atoms with Crippen LogP contribution >= 0.6 is 35.2 Å². The van der Waals surface area contributed by atoms with Gasteiger partial charge in [0.15, 0.2) is 23.9 Å². The predicted octanol–water partition coefficient (Wildman–Crippen LogP) is -4.20. The zero-order valence-corrected chi connectivity index (χ0v) is 43.0. The fourth-order valence-electron chi connectivity index (χ4n) is 8.52. The average molecular weight is 1140 g/mol. The highest BCUT2D eigenvalue weighted by atomic mass is 32.2. The first-order valence-corrected chi connectivity index (χ1v) is 27.4. The first-order valence-electron chi connectivity index (χ1n) is 21.9. The number of fused-ring (bicyclic) bond motifs is 2. The van der Waals surface area contributed by atoms with Crippen LogP contribution in [0.25, 0.3) is 22.3 Å². The number of ether oxygens (including phenoxy) is 5. The molecule has 0 radical (unpaired) electrons. The summed E-state index contributed by atoms with van der Waals surface area (Å²) in [5.74, 6) is -2.30. The number of hydrogen-bond donors (Lipinski definition) is 9. The van der Waals surface area contributed by atoms with E-state index in [9.17, 15) is 62.9 Å². The Labute approximate surface area is 424 Å². The highest BCUT2D eigenvalue weighted by Gasteiger charge is 2.52. The number of phosphoric ester groups is 2. The molecule has 5 aromatic rings. The van der Waals surface area contributed by atoms with Gasteiger partial charge in [-0.05, 0) is 0 Å². The summed E-state index contributed by atoms with van der Waals surface area (Å²) < 4.78 is 92.1. The van der Waals surface area contributed by atoms with E-state index in [4.69, 9.17) is 44.2 Å². The SMILES string of the molecule is CO[C@@H]1[C@H](SCOC[C@H]2O[C@@H](n3ccc(=O)[nH]c3=O)[C@H](O)[C@@H]2O)[C@@H](COP(=O)(O)OP(=O)(O)OP(=O)([O-])OC[C@H]2OC(n3c[n+](C)c4c(=O)[nH]c(N)nc43)[C@H](O)[C@@H]2CC(=O)N(C)C)O[C@H]1n1cnc2c(N)ncnc21. The Morgan fingerprint density at radius 1 is 0.880 bits per heavy atom. The number of carbonyl (C=O) groups excluding carboxylic acids is 1. The van der Waals surface area contributed by atoms with Gasteiger partial charge in [0.1, 0.15) is 42.4 Å². The van der Waals surface area contributed by atoms with Crippen molar-refractivity contribution in [2.24, 2.45) is 13.0 Å². The Kier molecular flexibility index (Phi) is 16.7. The number of aromatic nitrogens is 10. The largest absolute Gasteiger partial charge is 0.756 e. The summed E-state index contributed by atoms with van der Waals surface area (Å²) in [4.78, 5) is 106. The number of methoxy groups -OCH3 is 1. The summed E-state index contributed by atoms with van der Waals surface area (Å²) in [6.07, 6.45) is -9.33. The second-order valence-electron chi connectivity index (χ2n) is 17.1. The average Bonchev–Trinajstić information content (AvgIpc) is 4.12. The van der Waals surface area contributed by atoms with Gasteiger partial charge in [-0.25, -0.2) is 37.8 Å². The van der Waals surface area contributed by atoms with Gasteiger partial charge in [-0.1, -0.05) is 0 Å². The second kappa shape index (κ2) is 22.2. The van der Waals surface area contributed by atoms with Crippen molar-refractivity contribution in [1.82, 2.24) is 48.5 Å². The number of carbonyl (C=O) groups is 1. The minimum atomic E-state index is -6.17. The van der Waals surface area contributed by atoms with E-state index in [1.165, 1.54) is 59.5 Å². The second-order valence-corrected chi connectivity index (χ2v) is 22.8. The molecular formula is C36H50N13O22P3S. The number of nitrogens with zero attached hydrogens (tertiary/aromatic N) is 9. The molecule has 4 unspecified atom stereocenters. The molecule has 75 heavy (non-hydrogen) atoms. The van der Waals surface area contributed by atoms with Gasteiger partial charge in [0, 0.05) is 45.8 Å². The monoisotopic (exact) mass is 1140 g/mol. The van der Waals surface area contributed by atoms with Crippen LogP contribution < -0.4 is 37.7 Å². The normalized spacial score (nSPS) is 29.4.